The first-order chi connectivity index (χ1) is 9.63. The van der Waals surface area contributed by atoms with E-state index >= 15 is 0 Å². The number of benzene rings is 1. The quantitative estimate of drug-likeness (QED) is 0.619. The molecule has 0 radical (unpaired) electrons. The molecule has 0 N–H and O–H groups in total. The van der Waals surface area contributed by atoms with Gasteiger partial charge in [0.2, 0.25) is 5.91 Å². The van der Waals surface area contributed by atoms with Crippen molar-refractivity contribution in [2.75, 3.05) is 7.05 Å². The highest BCUT2D eigenvalue weighted by Gasteiger charge is 2.18. The first-order valence-electron chi connectivity index (χ1n) is 6.68. The Labute approximate surface area is 119 Å². The predicted molar refractivity (Wildman–Crippen MR) is 81.4 cm³/mol. The lowest BCUT2D eigenvalue weighted by atomic mass is 10.2. The molecule has 0 aliphatic rings. The molecule has 0 bridgehead atoms. The maximum atomic E-state index is 12.0. The first kappa shape index (κ1) is 14.1. The molecule has 0 aliphatic heterocycles. The maximum Gasteiger partial charge on any atom is 0.246 e. The predicted octanol–water partition coefficient (Wildman–Crippen LogP) is 4.08. The zero-order valence-electron chi connectivity index (χ0n) is 12.0. The van der Waals surface area contributed by atoms with Crippen molar-refractivity contribution in [2.24, 2.45) is 0 Å². The Kier molecular flexibility index (Phi) is 4.41. The lowest BCUT2D eigenvalue weighted by Gasteiger charge is -2.21. The Morgan fingerprint density at radius 1 is 1.30 bits per heavy atom. The van der Waals surface area contributed by atoms with Gasteiger partial charge in [0.05, 0.1) is 6.04 Å². The summed E-state index contributed by atoms with van der Waals surface area (Å²) in [5.74, 6) is 0.748. The second-order valence-electron chi connectivity index (χ2n) is 4.70. The monoisotopic (exact) mass is 269 g/mol. The second-order valence-corrected chi connectivity index (χ2v) is 4.70. The van der Waals surface area contributed by atoms with Crippen molar-refractivity contribution in [3.8, 4) is 0 Å². The van der Waals surface area contributed by atoms with Crippen molar-refractivity contribution >= 4 is 16.9 Å². The van der Waals surface area contributed by atoms with Crippen molar-refractivity contribution in [2.45, 2.75) is 19.9 Å². The van der Waals surface area contributed by atoms with E-state index in [0.29, 0.717) is 0 Å². The fourth-order valence-corrected chi connectivity index (χ4v) is 1.96. The van der Waals surface area contributed by atoms with Gasteiger partial charge in [0.1, 0.15) is 11.3 Å². The molecule has 0 spiro atoms. The van der Waals surface area contributed by atoms with Gasteiger partial charge in [-0.2, -0.15) is 0 Å². The van der Waals surface area contributed by atoms with Crippen molar-refractivity contribution in [3.05, 3.63) is 60.4 Å². The van der Waals surface area contributed by atoms with Crippen LogP contribution in [0.5, 0.6) is 0 Å². The number of likely N-dealkylation sites (N-methyl/N-ethyl adjacent to an activating group) is 1. The Balaban J connectivity index is 2.17. The number of furan rings is 1. The summed E-state index contributed by atoms with van der Waals surface area (Å²) in [4.78, 5) is 13.7. The lowest BCUT2D eigenvalue weighted by Crippen LogP contribution is -2.27. The van der Waals surface area contributed by atoms with Crippen LogP contribution in [0.15, 0.2) is 59.1 Å². The summed E-state index contributed by atoms with van der Waals surface area (Å²) < 4.78 is 5.79. The number of allylic oxidation sites excluding steroid dienone is 3. The number of para-hydroxylation sites is 1. The minimum absolute atomic E-state index is 0.0453. The number of carbonyl (C=O) groups is 1. The van der Waals surface area contributed by atoms with E-state index in [4.69, 9.17) is 4.42 Å². The number of nitrogens with zero attached hydrogens (tertiary/aromatic N) is 1. The average Bonchev–Trinajstić information content (AvgIpc) is 2.89. The van der Waals surface area contributed by atoms with Crippen LogP contribution in [0.1, 0.15) is 25.6 Å². The van der Waals surface area contributed by atoms with E-state index in [2.05, 4.69) is 0 Å². The van der Waals surface area contributed by atoms with Crippen LogP contribution in [0, 0.1) is 0 Å². The number of amides is 1. The highest BCUT2D eigenvalue weighted by Crippen LogP contribution is 2.26. The minimum Gasteiger partial charge on any atom is -0.459 e. The number of carbonyl (C=O) groups excluding carboxylic acids is 1. The van der Waals surface area contributed by atoms with Crippen LogP contribution in [0.2, 0.25) is 0 Å². The van der Waals surface area contributed by atoms with Gasteiger partial charge in [0.15, 0.2) is 0 Å². The molecule has 2 rings (SSSR count). The summed E-state index contributed by atoms with van der Waals surface area (Å²) in [6.07, 6.45) is 7.01. The molecule has 1 unspecified atom stereocenters. The van der Waals surface area contributed by atoms with Gasteiger partial charge in [-0.25, -0.2) is 0 Å². The van der Waals surface area contributed by atoms with Gasteiger partial charge >= 0.3 is 0 Å². The van der Waals surface area contributed by atoms with Gasteiger partial charge < -0.3 is 9.32 Å². The third-order valence-corrected chi connectivity index (χ3v) is 3.33. The zero-order valence-corrected chi connectivity index (χ0v) is 12.0. The van der Waals surface area contributed by atoms with Crippen molar-refractivity contribution < 1.29 is 9.21 Å². The van der Waals surface area contributed by atoms with Gasteiger partial charge in [0.25, 0.3) is 0 Å². The van der Waals surface area contributed by atoms with Crippen LogP contribution in [-0.2, 0) is 4.79 Å². The molecule has 20 heavy (non-hydrogen) atoms. The fraction of sp³-hybridized carbons (Fsp3) is 0.235. The molecule has 1 atom stereocenters. The first-order valence-corrected chi connectivity index (χ1v) is 6.68. The van der Waals surface area contributed by atoms with Crippen molar-refractivity contribution in [1.29, 1.82) is 0 Å². The summed E-state index contributed by atoms with van der Waals surface area (Å²) in [5.41, 5.74) is 0.847. The van der Waals surface area contributed by atoms with Crippen LogP contribution in [-0.4, -0.2) is 17.9 Å². The molecular weight excluding hydrogens is 250 g/mol. The molecule has 0 saturated heterocycles. The third-order valence-electron chi connectivity index (χ3n) is 3.33. The van der Waals surface area contributed by atoms with E-state index in [1.165, 1.54) is 0 Å². The molecule has 104 valence electrons. The van der Waals surface area contributed by atoms with Gasteiger partial charge in [-0.15, -0.1) is 0 Å². The minimum atomic E-state index is -0.106. The molecule has 3 heteroatoms. The van der Waals surface area contributed by atoms with Crippen molar-refractivity contribution in [1.82, 2.24) is 4.90 Å². The van der Waals surface area contributed by atoms with E-state index < -0.39 is 0 Å². The molecule has 3 nitrogen and oxygen atoms in total. The fourth-order valence-electron chi connectivity index (χ4n) is 1.96. The Bertz CT molecular complexity index is 619. The molecule has 0 fully saturated rings. The number of rotatable bonds is 4. The van der Waals surface area contributed by atoms with E-state index in [9.17, 15) is 4.79 Å². The lowest BCUT2D eigenvalue weighted by molar-refractivity contribution is -0.126. The molecule has 1 aromatic heterocycles. The van der Waals surface area contributed by atoms with Gasteiger partial charge in [-0.1, -0.05) is 36.4 Å². The largest absolute Gasteiger partial charge is 0.459 e. The standard InChI is InChI=1S/C17H19NO2/c1-4-5-6-11-17(19)18(3)13(2)16-12-14-9-7-8-10-15(14)20-16/h4-13H,1-3H3/b5-4+,11-6+. The summed E-state index contributed by atoms with van der Waals surface area (Å²) >= 11 is 0. The summed E-state index contributed by atoms with van der Waals surface area (Å²) in [6.45, 7) is 3.87. The van der Waals surface area contributed by atoms with E-state index in [1.54, 1.807) is 24.1 Å². The number of hydrogen-bond acceptors (Lipinski definition) is 2. The van der Waals surface area contributed by atoms with Gasteiger partial charge in [0, 0.05) is 18.5 Å². The molecular formula is C17H19NO2. The van der Waals surface area contributed by atoms with E-state index in [0.717, 1.165) is 16.7 Å². The highest BCUT2D eigenvalue weighted by molar-refractivity contribution is 5.88. The Morgan fingerprint density at radius 2 is 2.05 bits per heavy atom. The van der Waals surface area contributed by atoms with Crippen LogP contribution in [0.25, 0.3) is 11.0 Å². The molecule has 1 amide bonds. The van der Waals surface area contributed by atoms with Crippen LogP contribution < -0.4 is 0 Å². The number of fused-ring (bicyclic) bond motifs is 1. The summed E-state index contributed by atoms with van der Waals surface area (Å²) in [6, 6.07) is 9.72. The van der Waals surface area contributed by atoms with E-state index in [1.807, 2.05) is 56.3 Å². The Hall–Kier alpha value is -2.29. The van der Waals surface area contributed by atoms with Crippen LogP contribution in [0.3, 0.4) is 0 Å². The Morgan fingerprint density at radius 3 is 2.75 bits per heavy atom. The number of hydrogen-bond donors (Lipinski definition) is 0. The molecule has 0 aliphatic carbocycles. The molecule has 2 aromatic rings. The van der Waals surface area contributed by atoms with Gasteiger partial charge in [-0.05, 0) is 26.0 Å². The van der Waals surface area contributed by atoms with E-state index in [-0.39, 0.29) is 11.9 Å². The topological polar surface area (TPSA) is 33.5 Å². The van der Waals surface area contributed by atoms with Gasteiger partial charge in [-0.3, -0.25) is 4.79 Å². The molecule has 0 saturated carbocycles. The smallest absolute Gasteiger partial charge is 0.246 e. The summed E-state index contributed by atoms with van der Waals surface area (Å²) in [5, 5.41) is 1.06. The van der Waals surface area contributed by atoms with Crippen LogP contribution in [0.4, 0.5) is 0 Å². The second kappa shape index (κ2) is 6.24. The molecule has 1 aromatic carbocycles. The third kappa shape index (κ3) is 2.99. The van der Waals surface area contributed by atoms with Crippen molar-refractivity contribution in [3.63, 3.8) is 0 Å². The zero-order chi connectivity index (χ0) is 14.5. The highest BCUT2D eigenvalue weighted by atomic mass is 16.3. The van der Waals surface area contributed by atoms with Crippen LogP contribution >= 0.6 is 0 Å². The normalized spacial score (nSPS) is 13.3. The average molecular weight is 269 g/mol. The molecule has 1 heterocycles. The SMILES string of the molecule is C/C=C/C=C/C(=O)N(C)C(C)c1cc2ccccc2o1. The maximum absolute atomic E-state index is 12.0. The summed E-state index contributed by atoms with van der Waals surface area (Å²) in [7, 11) is 1.78.